The van der Waals surface area contributed by atoms with Gasteiger partial charge in [-0.25, -0.2) is 8.57 Å². The van der Waals surface area contributed by atoms with Gasteiger partial charge in [0.15, 0.2) is 17.3 Å². The molecule has 1 atom stereocenters. The van der Waals surface area contributed by atoms with E-state index in [0.717, 1.165) is 14.2 Å². The first-order valence-electron chi connectivity index (χ1n) is 4.25. The van der Waals surface area contributed by atoms with Crippen LogP contribution in [0.5, 0.6) is 11.5 Å². The molecule has 0 fully saturated rings. The fourth-order valence-electron chi connectivity index (χ4n) is 1.03. The largest absolute Gasteiger partial charge is 0.491 e. The molecule has 102 valence electrons. The summed E-state index contributed by atoms with van der Waals surface area (Å²) in [6.07, 6.45) is 0. The van der Waals surface area contributed by atoms with E-state index in [1.165, 1.54) is 0 Å². The van der Waals surface area contributed by atoms with Gasteiger partial charge in [0.1, 0.15) is 0 Å². The van der Waals surface area contributed by atoms with E-state index < -0.39 is 44.7 Å². The van der Waals surface area contributed by atoms with Crippen LogP contribution in [0.4, 0.5) is 13.2 Å². The molecule has 0 radical (unpaired) electrons. The van der Waals surface area contributed by atoms with E-state index in [0.29, 0.717) is 0 Å². The molecule has 18 heavy (non-hydrogen) atoms. The number of hydrogen-bond donors (Lipinski definition) is 0. The third-order valence-electron chi connectivity index (χ3n) is 1.87. The molecule has 0 bridgehead atoms. The number of methoxy groups -OCH3 is 1. The molecule has 0 saturated heterocycles. The van der Waals surface area contributed by atoms with Crippen molar-refractivity contribution in [3.05, 3.63) is 17.5 Å². The molecule has 5 nitrogen and oxygen atoms in total. The zero-order valence-electron chi connectivity index (χ0n) is 9.16. The molecule has 0 heterocycles. The van der Waals surface area contributed by atoms with Crippen molar-refractivity contribution in [3.63, 3.8) is 0 Å². The van der Waals surface area contributed by atoms with Crippen molar-refractivity contribution in [2.75, 3.05) is 14.2 Å². The quantitative estimate of drug-likeness (QED) is 0.610. The molecule has 0 saturated carbocycles. The van der Waals surface area contributed by atoms with Crippen LogP contribution >= 0.6 is 9.24 Å². The van der Waals surface area contributed by atoms with Gasteiger partial charge >= 0.3 is 10.4 Å². The molecule has 0 N–H and O–H groups in total. The number of ether oxygens (including phenoxy) is 1. The van der Waals surface area contributed by atoms with E-state index in [2.05, 4.69) is 13.1 Å². The van der Waals surface area contributed by atoms with Crippen molar-refractivity contribution < 1.29 is 34.7 Å². The van der Waals surface area contributed by atoms with Gasteiger partial charge in [0.05, 0.1) is 19.5 Å². The third-order valence-corrected chi connectivity index (χ3v) is 3.16. The summed E-state index contributed by atoms with van der Waals surface area (Å²) in [6, 6.07) is 0. The fraction of sp³-hybridized carbons (Fsp3) is 0.250. The van der Waals surface area contributed by atoms with Crippen molar-refractivity contribution in [3.8, 4) is 11.5 Å². The minimum Gasteiger partial charge on any atom is -0.491 e. The number of rotatable bonds is 4. The predicted molar refractivity (Wildman–Crippen MR) is 58.8 cm³/mol. The highest BCUT2D eigenvalue weighted by molar-refractivity contribution is 7.82. The first kappa shape index (κ1) is 15.0. The highest BCUT2D eigenvalue weighted by Crippen LogP contribution is 2.31. The van der Waals surface area contributed by atoms with Gasteiger partial charge in [0.2, 0.25) is 11.6 Å². The standard InChI is InChI=1S/C8H8F3O5PS/c1-14-6-3(9)4(10)7(8(17)5(6)11)16-18(12,13)15-2/h17H2,1-2H3. The maximum absolute atomic E-state index is 13.5. The van der Waals surface area contributed by atoms with Crippen LogP contribution in [-0.4, -0.2) is 22.6 Å². The Labute approximate surface area is 103 Å². The number of benzene rings is 1. The van der Waals surface area contributed by atoms with Crippen LogP contribution in [0.25, 0.3) is 0 Å². The first-order valence-corrected chi connectivity index (χ1v) is 6.16. The Kier molecular flexibility index (Phi) is 4.41. The van der Waals surface area contributed by atoms with Crippen LogP contribution in [-0.2, 0) is 14.6 Å². The molecule has 10 heteroatoms. The molecule has 1 unspecified atom stereocenters. The Balaban J connectivity index is 3.48. The highest BCUT2D eigenvalue weighted by Gasteiger charge is 2.28. The van der Waals surface area contributed by atoms with Crippen LogP contribution < -0.4 is 14.2 Å². The van der Waals surface area contributed by atoms with E-state index in [-0.39, 0.29) is 0 Å². The highest BCUT2D eigenvalue weighted by atomic mass is 32.3. The lowest BCUT2D eigenvalue weighted by atomic mass is 10.3. The maximum atomic E-state index is 13.5. The third kappa shape index (κ3) is 2.68. The maximum Gasteiger partial charge on any atom is 0.448 e. The van der Waals surface area contributed by atoms with Crippen LogP contribution in [0, 0.1) is 17.5 Å². The van der Waals surface area contributed by atoms with Crippen molar-refractivity contribution in [2.45, 2.75) is 0 Å². The predicted octanol–water partition coefficient (Wildman–Crippen LogP) is 0.883. The van der Waals surface area contributed by atoms with Crippen LogP contribution in [0.1, 0.15) is 0 Å². The minimum atomic E-state index is -4.60. The summed E-state index contributed by atoms with van der Waals surface area (Å²) in [6.45, 7) is 0. The Morgan fingerprint density at radius 3 is 1.94 bits per heavy atom. The lowest BCUT2D eigenvalue weighted by Crippen LogP contribution is -2.18. The molecule has 0 aliphatic heterocycles. The van der Waals surface area contributed by atoms with Gasteiger partial charge in [-0.05, 0) is 0 Å². The van der Waals surface area contributed by atoms with Crippen LogP contribution in [0.3, 0.4) is 0 Å². The lowest BCUT2D eigenvalue weighted by Gasteiger charge is -2.12. The van der Waals surface area contributed by atoms with E-state index in [9.17, 15) is 21.6 Å². The summed E-state index contributed by atoms with van der Waals surface area (Å²) in [5.41, 5.74) is 0. The zero-order chi connectivity index (χ0) is 14.1. The fourth-order valence-corrected chi connectivity index (χ4v) is 1.87. The molecule has 0 amide bonds. The average Bonchev–Trinajstić information content (AvgIpc) is 2.33. The topological polar surface area (TPSA) is 61.8 Å². The van der Waals surface area contributed by atoms with Crippen molar-refractivity contribution >= 4 is 24.9 Å². The van der Waals surface area contributed by atoms with Crippen molar-refractivity contribution in [1.82, 2.24) is 0 Å². The molecule has 0 aromatic heterocycles. The van der Waals surface area contributed by atoms with Gasteiger partial charge < -0.3 is 8.92 Å². The summed E-state index contributed by atoms with van der Waals surface area (Å²) < 4.78 is 74.5. The molecular weight excluding hydrogens is 296 g/mol. The average molecular weight is 304 g/mol. The van der Waals surface area contributed by atoms with Gasteiger partial charge in [0.25, 0.3) is 0 Å². The second-order valence-corrected chi connectivity index (χ2v) is 4.77. The molecule has 0 aliphatic carbocycles. The monoisotopic (exact) mass is 304 g/mol. The van der Waals surface area contributed by atoms with E-state index in [4.69, 9.17) is 0 Å². The van der Waals surface area contributed by atoms with Crippen molar-refractivity contribution in [2.24, 2.45) is 0 Å². The van der Waals surface area contributed by atoms with E-state index in [1.54, 1.807) is 9.24 Å². The van der Waals surface area contributed by atoms with Crippen molar-refractivity contribution in [1.29, 1.82) is 0 Å². The van der Waals surface area contributed by atoms with Gasteiger partial charge in [-0.3, -0.25) is 0 Å². The summed E-state index contributed by atoms with van der Waals surface area (Å²) in [4.78, 5) is 0. The second kappa shape index (κ2) is 5.29. The Morgan fingerprint density at radius 1 is 1.00 bits per heavy atom. The second-order valence-electron chi connectivity index (χ2n) is 2.88. The minimum absolute atomic E-state index is 0.647. The number of hydrogen-bond acceptors (Lipinski definition) is 5. The van der Waals surface area contributed by atoms with Gasteiger partial charge in [0, 0.05) is 0 Å². The molecule has 1 rings (SSSR count). The summed E-state index contributed by atoms with van der Waals surface area (Å²) in [7, 11) is -1.25. The first-order chi connectivity index (χ1) is 8.25. The SMILES string of the molecule is COc1c(F)c(F)c(OS(=O)(=O)OC)c(P)c1F. The number of halogens is 3. The normalized spacial score (nSPS) is 11.4. The lowest BCUT2D eigenvalue weighted by molar-refractivity contribution is 0.315. The molecule has 0 spiro atoms. The van der Waals surface area contributed by atoms with E-state index >= 15 is 0 Å². The molecular formula is C8H8F3O5PS. The smallest absolute Gasteiger partial charge is 0.448 e. The zero-order valence-corrected chi connectivity index (χ0v) is 11.1. The van der Waals surface area contributed by atoms with Gasteiger partial charge in [-0.2, -0.15) is 17.2 Å². The summed E-state index contributed by atoms with van der Waals surface area (Å²) in [5.74, 6) is -6.86. The van der Waals surface area contributed by atoms with Gasteiger partial charge in [-0.15, -0.1) is 0 Å². The van der Waals surface area contributed by atoms with Crippen LogP contribution in [0.15, 0.2) is 0 Å². The van der Waals surface area contributed by atoms with Gasteiger partial charge in [-0.1, -0.05) is 9.24 Å². The molecule has 0 aliphatic rings. The Bertz CT molecular complexity index is 546. The Hall–Kier alpha value is -1.05. The Morgan fingerprint density at radius 2 is 1.50 bits per heavy atom. The molecule has 1 aromatic rings. The summed E-state index contributed by atoms with van der Waals surface area (Å²) in [5, 5.41) is -0.647. The van der Waals surface area contributed by atoms with E-state index in [1.807, 2.05) is 0 Å². The molecule has 1 aromatic carbocycles. The van der Waals surface area contributed by atoms with Crippen LogP contribution in [0.2, 0.25) is 0 Å². The summed E-state index contributed by atoms with van der Waals surface area (Å²) >= 11 is 0.